The summed E-state index contributed by atoms with van der Waals surface area (Å²) in [6, 6.07) is 19.1. The van der Waals surface area contributed by atoms with Crippen LogP contribution in [0.2, 0.25) is 0 Å². The number of hydrogen-bond donors (Lipinski definition) is 1. The van der Waals surface area contributed by atoms with Gasteiger partial charge >= 0.3 is 6.36 Å². The van der Waals surface area contributed by atoms with E-state index in [1.165, 1.54) is 47.0 Å². The average Bonchev–Trinajstić information content (AvgIpc) is 3.67. The van der Waals surface area contributed by atoms with Crippen LogP contribution in [0.25, 0.3) is 17.1 Å². The van der Waals surface area contributed by atoms with Gasteiger partial charge in [0.25, 0.3) is 0 Å². The number of aliphatic imine (C=N–C) groups is 1. The summed E-state index contributed by atoms with van der Waals surface area (Å²) in [5, 5.41) is 8.56. The zero-order valence-corrected chi connectivity index (χ0v) is 27.6. The molecule has 3 aromatic carbocycles. The van der Waals surface area contributed by atoms with Crippen LogP contribution in [0.15, 0.2) is 78.0 Å². The Morgan fingerprint density at radius 1 is 1.09 bits per heavy atom. The van der Waals surface area contributed by atoms with Crippen molar-refractivity contribution in [3.8, 4) is 28.6 Å². The Morgan fingerprint density at radius 3 is 2.57 bits per heavy atom. The standard InChI is InChI=1S/C33H33F3N6O3S2/c1-21(2)27-15-14-26(44-3)18-28(27)42-29(43)19-47-32(42)39-31(46)37-16-5-4-7-22-8-6-9-23(17-22)30-38-20-41(40-30)24-10-12-25(13-11-24)45-33(34,35)36/h6,8-15,17-18,20-21H,4-5,7,16,19H2,1-3H3,(H,37,46). The number of thioether (sulfide) groups is 1. The lowest BCUT2D eigenvalue weighted by atomic mass is 10.00. The Labute approximate surface area is 280 Å². The highest BCUT2D eigenvalue weighted by Gasteiger charge is 2.33. The van der Waals surface area contributed by atoms with Crippen LogP contribution in [0.4, 0.5) is 18.9 Å². The fraction of sp³-hybridized carbons (Fsp3) is 0.303. The number of amides is 1. The summed E-state index contributed by atoms with van der Waals surface area (Å²) in [6.07, 6.45) is -0.672. The van der Waals surface area contributed by atoms with Crippen LogP contribution in [0.3, 0.4) is 0 Å². The number of unbranched alkanes of at least 4 members (excludes halogenated alkanes) is 1. The largest absolute Gasteiger partial charge is 0.573 e. The van der Waals surface area contributed by atoms with Gasteiger partial charge in [0.05, 0.1) is 24.2 Å². The van der Waals surface area contributed by atoms with E-state index >= 15 is 0 Å². The molecule has 2 heterocycles. The Balaban J connectivity index is 1.13. The maximum absolute atomic E-state index is 12.9. The van der Waals surface area contributed by atoms with E-state index in [-0.39, 0.29) is 17.6 Å². The molecule has 0 spiro atoms. The first-order chi connectivity index (χ1) is 22.5. The highest BCUT2D eigenvalue weighted by atomic mass is 32.2. The molecule has 1 N–H and O–H groups in total. The topological polar surface area (TPSA) is 93.9 Å². The summed E-state index contributed by atoms with van der Waals surface area (Å²) in [7, 11) is 1.60. The second-order valence-corrected chi connectivity index (χ2v) is 12.3. The quantitative estimate of drug-likeness (QED) is 0.130. The Kier molecular flexibility index (Phi) is 10.8. The minimum atomic E-state index is -4.75. The predicted molar refractivity (Wildman–Crippen MR) is 181 cm³/mol. The summed E-state index contributed by atoms with van der Waals surface area (Å²) in [6.45, 7) is 4.78. The number of nitrogens with one attached hydrogen (secondary N) is 1. The third-order valence-corrected chi connectivity index (χ3v) is 8.40. The number of rotatable bonds is 11. The number of benzene rings is 3. The first-order valence-electron chi connectivity index (χ1n) is 14.9. The molecule has 246 valence electrons. The van der Waals surface area contributed by atoms with Crippen LogP contribution in [-0.4, -0.2) is 56.7 Å². The van der Waals surface area contributed by atoms with Crippen molar-refractivity contribution in [2.24, 2.45) is 4.99 Å². The molecule has 0 unspecified atom stereocenters. The smallest absolute Gasteiger partial charge is 0.497 e. The van der Waals surface area contributed by atoms with Crippen molar-refractivity contribution in [3.05, 3.63) is 84.2 Å². The summed E-state index contributed by atoms with van der Waals surface area (Å²) >= 11 is 6.86. The number of hydrogen-bond acceptors (Lipinski definition) is 7. The van der Waals surface area contributed by atoms with Crippen molar-refractivity contribution in [1.29, 1.82) is 0 Å². The van der Waals surface area contributed by atoms with Gasteiger partial charge in [-0.25, -0.2) is 9.67 Å². The van der Waals surface area contributed by atoms with Gasteiger partial charge < -0.3 is 14.8 Å². The molecular weight excluding hydrogens is 650 g/mol. The number of aromatic nitrogens is 3. The summed E-state index contributed by atoms with van der Waals surface area (Å²) < 4.78 is 48.2. The Hall–Kier alpha value is -4.43. The van der Waals surface area contributed by atoms with E-state index in [4.69, 9.17) is 17.0 Å². The molecule has 1 aromatic heterocycles. The second kappa shape index (κ2) is 15.0. The van der Waals surface area contributed by atoms with Gasteiger partial charge in [-0.2, -0.15) is 4.99 Å². The van der Waals surface area contributed by atoms with Crippen molar-refractivity contribution in [2.75, 3.05) is 24.3 Å². The number of anilines is 1. The Morgan fingerprint density at radius 2 is 1.85 bits per heavy atom. The van der Waals surface area contributed by atoms with Gasteiger partial charge in [0, 0.05) is 18.2 Å². The molecule has 1 saturated heterocycles. The van der Waals surface area contributed by atoms with Gasteiger partial charge in [-0.05, 0) is 84.9 Å². The maximum Gasteiger partial charge on any atom is 0.573 e. The third-order valence-electron chi connectivity index (χ3n) is 7.24. The van der Waals surface area contributed by atoms with Crippen LogP contribution in [-0.2, 0) is 11.2 Å². The van der Waals surface area contributed by atoms with Crippen LogP contribution >= 0.6 is 24.0 Å². The molecule has 0 radical (unpaired) electrons. The van der Waals surface area contributed by atoms with E-state index in [9.17, 15) is 18.0 Å². The number of halogens is 3. The predicted octanol–water partition coefficient (Wildman–Crippen LogP) is 7.30. The van der Waals surface area contributed by atoms with Gasteiger partial charge in [0.1, 0.15) is 17.8 Å². The van der Waals surface area contributed by atoms with Crippen molar-refractivity contribution in [2.45, 2.75) is 45.4 Å². The maximum atomic E-state index is 12.9. The zero-order valence-electron chi connectivity index (χ0n) is 26.0. The second-order valence-electron chi connectivity index (χ2n) is 10.9. The number of amidine groups is 1. The number of ether oxygens (including phenoxy) is 2. The van der Waals surface area contributed by atoms with Crippen molar-refractivity contribution in [1.82, 2.24) is 20.1 Å². The number of carbonyl (C=O) groups is 1. The number of carbonyl (C=O) groups excluding carboxylic acids is 1. The van der Waals surface area contributed by atoms with E-state index in [0.29, 0.717) is 39.8 Å². The zero-order chi connectivity index (χ0) is 33.6. The first kappa shape index (κ1) is 33.9. The summed E-state index contributed by atoms with van der Waals surface area (Å²) in [4.78, 5) is 23.5. The molecule has 9 nitrogen and oxygen atoms in total. The van der Waals surface area contributed by atoms with Gasteiger partial charge in [-0.1, -0.05) is 49.9 Å². The molecule has 0 aliphatic carbocycles. The minimum Gasteiger partial charge on any atom is -0.497 e. The molecule has 5 rings (SSSR count). The molecule has 4 aromatic rings. The lowest BCUT2D eigenvalue weighted by Crippen LogP contribution is -2.32. The van der Waals surface area contributed by atoms with E-state index in [0.717, 1.165) is 41.6 Å². The van der Waals surface area contributed by atoms with Crippen molar-refractivity contribution >= 4 is 45.9 Å². The number of alkyl halides is 3. The van der Waals surface area contributed by atoms with Crippen LogP contribution in [0, 0.1) is 0 Å². The average molecular weight is 683 g/mol. The lowest BCUT2D eigenvalue weighted by molar-refractivity contribution is -0.274. The number of nitrogens with zero attached hydrogens (tertiary/aromatic N) is 5. The van der Waals surface area contributed by atoms with E-state index in [1.54, 1.807) is 12.0 Å². The van der Waals surface area contributed by atoms with Gasteiger partial charge in [-0.3, -0.25) is 9.69 Å². The van der Waals surface area contributed by atoms with Crippen LogP contribution < -0.4 is 19.7 Å². The van der Waals surface area contributed by atoms with E-state index < -0.39 is 6.36 Å². The number of aryl methyl sites for hydroxylation is 1. The molecule has 0 saturated carbocycles. The summed E-state index contributed by atoms with van der Waals surface area (Å²) in [5.74, 6) is 1.30. The third kappa shape index (κ3) is 8.89. The summed E-state index contributed by atoms with van der Waals surface area (Å²) in [5.41, 5.74) is 4.28. The molecule has 14 heteroatoms. The molecule has 1 fully saturated rings. The first-order valence-corrected chi connectivity index (χ1v) is 16.3. The molecule has 1 aliphatic heterocycles. The van der Waals surface area contributed by atoms with Crippen molar-refractivity contribution in [3.63, 3.8) is 0 Å². The van der Waals surface area contributed by atoms with Gasteiger partial charge in [-0.15, -0.1) is 18.3 Å². The van der Waals surface area contributed by atoms with Crippen LogP contribution in [0.1, 0.15) is 43.7 Å². The lowest BCUT2D eigenvalue weighted by Gasteiger charge is -2.22. The molecular formula is C33H33F3N6O3S2. The van der Waals surface area contributed by atoms with Gasteiger partial charge in [0.2, 0.25) is 5.91 Å². The van der Waals surface area contributed by atoms with Crippen LogP contribution in [0.5, 0.6) is 11.5 Å². The monoisotopic (exact) mass is 682 g/mol. The van der Waals surface area contributed by atoms with E-state index in [1.807, 2.05) is 42.5 Å². The highest BCUT2D eigenvalue weighted by Crippen LogP contribution is 2.36. The van der Waals surface area contributed by atoms with E-state index in [2.05, 4.69) is 39.0 Å². The fourth-order valence-corrected chi connectivity index (χ4v) is 6.09. The van der Waals surface area contributed by atoms with Gasteiger partial charge in [0.15, 0.2) is 16.1 Å². The Bertz CT molecular complexity index is 1760. The number of thiocarbonyl (C=S) groups is 1. The van der Waals surface area contributed by atoms with Crippen molar-refractivity contribution < 1.29 is 27.4 Å². The molecule has 47 heavy (non-hydrogen) atoms. The normalized spacial score (nSPS) is 14.2. The molecule has 1 aliphatic rings. The molecule has 1 amide bonds. The number of methoxy groups -OCH3 is 1. The SMILES string of the molecule is COc1ccc(C(C)C)c(N2C(=O)CSC2=NC(=S)NCCCCc2cccc(-c3ncn(-c4ccc(OC(F)(F)F)cc4)n3)c2)c1. The minimum absolute atomic E-state index is 0.0514. The highest BCUT2D eigenvalue weighted by molar-refractivity contribution is 8.15. The molecule has 0 bridgehead atoms. The molecule has 0 atom stereocenters. The fourth-order valence-electron chi connectivity index (χ4n) is 4.98.